The number of aliphatic hydroxyl groups excluding tert-OH is 1. The maximum absolute atomic E-state index is 13.2. The molecule has 1 heterocycles. The zero-order valence-electron chi connectivity index (χ0n) is 13.2. The van der Waals surface area contributed by atoms with E-state index in [1.807, 2.05) is 0 Å². The number of phenols is 2. The molecule has 1 spiro atoms. The Morgan fingerprint density at radius 3 is 2.71 bits per heavy atom. The molecule has 4 bridgehead atoms. The molecule has 4 aliphatic carbocycles. The van der Waals surface area contributed by atoms with E-state index < -0.39 is 28.8 Å². The van der Waals surface area contributed by atoms with Crippen molar-refractivity contribution in [3.05, 3.63) is 23.3 Å². The highest BCUT2D eigenvalue weighted by Gasteiger charge is 2.79. The van der Waals surface area contributed by atoms with E-state index in [0.29, 0.717) is 18.4 Å². The van der Waals surface area contributed by atoms with Crippen LogP contribution in [0.4, 0.5) is 0 Å². The third kappa shape index (κ3) is 1.17. The second-order valence-electron chi connectivity index (χ2n) is 7.61. The summed E-state index contributed by atoms with van der Waals surface area (Å²) < 4.78 is 6.10. The fraction of sp³-hybridized carbons (Fsp3) is 0.556. The fourth-order valence-corrected chi connectivity index (χ4v) is 6.22. The lowest BCUT2D eigenvalue weighted by molar-refractivity contribution is -0.196. The molecule has 1 saturated heterocycles. The van der Waals surface area contributed by atoms with Crippen molar-refractivity contribution in [3.8, 4) is 11.5 Å². The number of aromatic hydroxyl groups is 2. The third-order valence-electron chi connectivity index (χ3n) is 7.04. The van der Waals surface area contributed by atoms with Crippen LogP contribution in [0.2, 0.25) is 0 Å². The molecule has 3 saturated carbocycles. The Kier molecular flexibility index (Phi) is 2.41. The molecule has 126 valence electrons. The van der Waals surface area contributed by atoms with Gasteiger partial charge in [0.25, 0.3) is 0 Å². The van der Waals surface area contributed by atoms with E-state index in [0.717, 1.165) is 0 Å². The topological polar surface area (TPSA) is 104 Å². The Morgan fingerprint density at radius 2 is 2.00 bits per heavy atom. The van der Waals surface area contributed by atoms with Gasteiger partial charge in [-0.05, 0) is 31.9 Å². The summed E-state index contributed by atoms with van der Waals surface area (Å²) in [6.07, 6.45) is 0.151. The van der Waals surface area contributed by atoms with Gasteiger partial charge in [-0.25, -0.2) is 0 Å². The zero-order chi connectivity index (χ0) is 17.0. The largest absolute Gasteiger partial charge is 0.508 e. The number of carbonyl (C=O) groups excluding carboxylic acids is 2. The minimum atomic E-state index is -1.20. The van der Waals surface area contributed by atoms with Crippen molar-refractivity contribution in [1.82, 2.24) is 0 Å². The van der Waals surface area contributed by atoms with Crippen LogP contribution in [0.25, 0.3) is 0 Å². The Labute approximate surface area is 138 Å². The number of hydrogen-bond acceptors (Lipinski definition) is 6. The first-order valence-corrected chi connectivity index (χ1v) is 8.30. The van der Waals surface area contributed by atoms with Crippen molar-refractivity contribution in [2.24, 2.45) is 23.2 Å². The number of rotatable bonds is 1. The molecular formula is C18H18O6. The molecule has 1 aliphatic heterocycles. The quantitative estimate of drug-likeness (QED) is 0.667. The molecule has 0 unspecified atom stereocenters. The molecule has 1 aromatic rings. The van der Waals surface area contributed by atoms with Crippen molar-refractivity contribution in [3.63, 3.8) is 0 Å². The summed E-state index contributed by atoms with van der Waals surface area (Å²) in [5.41, 5.74) is -1.96. The molecule has 4 fully saturated rings. The predicted octanol–water partition coefficient (Wildman–Crippen LogP) is 1.11. The average Bonchev–Trinajstić information content (AvgIpc) is 3.03. The van der Waals surface area contributed by atoms with Crippen LogP contribution in [-0.4, -0.2) is 39.6 Å². The first-order chi connectivity index (χ1) is 11.4. The summed E-state index contributed by atoms with van der Waals surface area (Å²) in [7, 11) is 0. The van der Waals surface area contributed by atoms with Gasteiger partial charge in [-0.3, -0.25) is 9.59 Å². The smallest absolute Gasteiger partial charge is 0.174 e. The molecule has 6 atom stereocenters. The average molecular weight is 330 g/mol. The van der Waals surface area contributed by atoms with E-state index in [4.69, 9.17) is 4.74 Å². The fourth-order valence-electron chi connectivity index (χ4n) is 6.22. The second kappa shape index (κ2) is 4.00. The highest BCUT2D eigenvalue weighted by Crippen LogP contribution is 2.73. The monoisotopic (exact) mass is 330 g/mol. The lowest BCUT2D eigenvalue weighted by atomic mass is 9.44. The van der Waals surface area contributed by atoms with E-state index in [1.54, 1.807) is 0 Å². The van der Waals surface area contributed by atoms with E-state index in [2.05, 4.69) is 0 Å². The molecule has 6 heteroatoms. The van der Waals surface area contributed by atoms with Gasteiger partial charge in [-0.2, -0.15) is 0 Å². The lowest BCUT2D eigenvalue weighted by Crippen LogP contribution is -2.67. The third-order valence-corrected chi connectivity index (χ3v) is 7.04. The minimum absolute atomic E-state index is 0.0484. The second-order valence-corrected chi connectivity index (χ2v) is 7.61. The maximum Gasteiger partial charge on any atom is 0.174 e. The van der Waals surface area contributed by atoms with Crippen LogP contribution in [0.15, 0.2) is 12.1 Å². The van der Waals surface area contributed by atoms with Crippen LogP contribution >= 0.6 is 0 Å². The maximum atomic E-state index is 13.2. The SMILES string of the molecule is CC(=O)[C@]12CC[C@H]3[C@H](CO[C@]34c3c(O)ccc(O)c3C(=O)[C@H]14)[C@H]2O. The number of benzene rings is 1. The van der Waals surface area contributed by atoms with Crippen LogP contribution in [0.5, 0.6) is 11.5 Å². The summed E-state index contributed by atoms with van der Waals surface area (Å²) in [6, 6.07) is 2.64. The Balaban J connectivity index is 1.89. The first-order valence-electron chi connectivity index (χ1n) is 8.30. The summed E-state index contributed by atoms with van der Waals surface area (Å²) in [5.74, 6) is -2.20. The molecule has 1 aromatic carbocycles. The number of carbonyl (C=O) groups is 2. The van der Waals surface area contributed by atoms with Crippen LogP contribution in [0.3, 0.4) is 0 Å². The minimum Gasteiger partial charge on any atom is -0.508 e. The summed E-state index contributed by atoms with van der Waals surface area (Å²) in [5, 5.41) is 31.6. The number of hydrogen-bond donors (Lipinski definition) is 3. The van der Waals surface area contributed by atoms with E-state index in [9.17, 15) is 24.9 Å². The van der Waals surface area contributed by atoms with Gasteiger partial charge in [0, 0.05) is 17.4 Å². The Hall–Kier alpha value is -1.92. The van der Waals surface area contributed by atoms with Gasteiger partial charge in [0.15, 0.2) is 5.78 Å². The van der Waals surface area contributed by atoms with Gasteiger partial charge < -0.3 is 20.1 Å². The van der Waals surface area contributed by atoms with Gasteiger partial charge in [0.05, 0.1) is 29.6 Å². The van der Waals surface area contributed by atoms with E-state index in [-0.39, 0.29) is 41.3 Å². The van der Waals surface area contributed by atoms with Gasteiger partial charge in [-0.1, -0.05) is 0 Å². The van der Waals surface area contributed by atoms with Crippen molar-refractivity contribution in [1.29, 1.82) is 0 Å². The lowest BCUT2D eigenvalue weighted by Gasteiger charge is -2.58. The van der Waals surface area contributed by atoms with Crippen molar-refractivity contribution < 1.29 is 29.6 Å². The highest BCUT2D eigenvalue weighted by atomic mass is 16.5. The molecule has 0 amide bonds. The van der Waals surface area contributed by atoms with Crippen LogP contribution in [-0.2, 0) is 15.1 Å². The molecule has 6 rings (SSSR count). The number of phenolic OH excluding ortho intramolecular Hbond substituents is 2. The van der Waals surface area contributed by atoms with Gasteiger partial charge in [0.2, 0.25) is 0 Å². The highest BCUT2D eigenvalue weighted by molar-refractivity contribution is 6.10. The van der Waals surface area contributed by atoms with Crippen molar-refractivity contribution in [2.45, 2.75) is 31.5 Å². The molecule has 5 aliphatic rings. The molecule has 0 radical (unpaired) electrons. The summed E-state index contributed by atoms with van der Waals surface area (Å²) >= 11 is 0. The van der Waals surface area contributed by atoms with E-state index in [1.165, 1.54) is 19.1 Å². The standard InChI is InChI=1S/C18H18O6/c1-7(19)17-5-4-9-8(16(17)23)6-24-18(9)13-11(21)3-2-10(20)12(13)14(22)15(17)18/h2-3,8-9,15-16,20-21,23H,4-6H2,1H3/t8-,9-,15+,16+,17+,18-/m0/s1. The van der Waals surface area contributed by atoms with Crippen molar-refractivity contribution in [2.75, 3.05) is 6.61 Å². The van der Waals surface area contributed by atoms with Gasteiger partial charge in [-0.15, -0.1) is 0 Å². The molecule has 24 heavy (non-hydrogen) atoms. The number of ketones is 2. The van der Waals surface area contributed by atoms with E-state index >= 15 is 0 Å². The molecule has 6 nitrogen and oxygen atoms in total. The Bertz CT molecular complexity index is 816. The summed E-state index contributed by atoms with van der Waals surface area (Å²) in [6.45, 7) is 1.66. The Morgan fingerprint density at radius 1 is 1.29 bits per heavy atom. The zero-order valence-corrected chi connectivity index (χ0v) is 13.2. The number of ether oxygens (including phenoxy) is 1. The normalized spacial score (nSPS) is 44.5. The number of Topliss-reactive ketones (excluding diaryl/α,β-unsaturated/α-hetero) is 2. The molecular weight excluding hydrogens is 312 g/mol. The summed E-state index contributed by atoms with van der Waals surface area (Å²) in [4.78, 5) is 25.8. The number of fused-ring (bicyclic) bond motifs is 2. The first kappa shape index (κ1) is 14.4. The van der Waals surface area contributed by atoms with Crippen LogP contribution in [0.1, 0.15) is 35.7 Å². The van der Waals surface area contributed by atoms with Crippen LogP contribution < -0.4 is 0 Å². The predicted molar refractivity (Wildman–Crippen MR) is 80.6 cm³/mol. The molecule has 3 N–H and O–H groups in total. The van der Waals surface area contributed by atoms with Gasteiger partial charge in [0.1, 0.15) is 22.9 Å². The van der Waals surface area contributed by atoms with Crippen molar-refractivity contribution >= 4 is 11.6 Å². The molecule has 0 aromatic heterocycles. The van der Waals surface area contributed by atoms with Gasteiger partial charge >= 0.3 is 0 Å². The number of aliphatic hydroxyl groups is 1. The van der Waals surface area contributed by atoms with Crippen LogP contribution in [0, 0.1) is 23.2 Å².